The molecule has 0 aromatic heterocycles. The van der Waals surface area contributed by atoms with Crippen LogP contribution in [0.15, 0.2) is 60.7 Å². The van der Waals surface area contributed by atoms with E-state index in [0.717, 1.165) is 11.1 Å². The number of carboxylic acids is 1. The first-order chi connectivity index (χ1) is 13.0. The molecule has 4 N–H and O–H groups in total. The summed E-state index contributed by atoms with van der Waals surface area (Å²) >= 11 is 0. The molecule has 0 spiro atoms. The first-order valence-corrected chi connectivity index (χ1v) is 8.52. The summed E-state index contributed by atoms with van der Waals surface area (Å²) in [4.78, 5) is 35.8. The quantitative estimate of drug-likeness (QED) is 0.393. The highest BCUT2D eigenvalue weighted by Crippen LogP contribution is 2.23. The van der Waals surface area contributed by atoms with Crippen LogP contribution in [0.2, 0.25) is 0 Å². The molecule has 2 rings (SSSR count). The smallest absolute Gasteiger partial charge is 0.322 e. The van der Waals surface area contributed by atoms with Crippen molar-refractivity contribution in [1.29, 1.82) is 0 Å². The van der Waals surface area contributed by atoms with Crippen molar-refractivity contribution in [2.75, 3.05) is 6.54 Å². The Morgan fingerprint density at radius 1 is 0.778 bits per heavy atom. The van der Waals surface area contributed by atoms with E-state index >= 15 is 0 Å². The van der Waals surface area contributed by atoms with Crippen LogP contribution < -0.4 is 10.8 Å². The molecule has 0 aliphatic carbocycles. The Hall–Kier alpha value is -3.19. The molecule has 0 heterocycles. The number of carbonyl (C=O) groups is 3. The van der Waals surface area contributed by atoms with Gasteiger partial charge in [0.2, 0.25) is 11.8 Å². The third-order valence-corrected chi connectivity index (χ3v) is 4.28. The molecule has 0 radical (unpaired) electrons. The average molecular weight is 370 g/mol. The average Bonchev–Trinajstić information content (AvgIpc) is 2.69. The maximum Gasteiger partial charge on any atom is 0.322 e. The second kappa shape index (κ2) is 10.1. The largest absolute Gasteiger partial charge is 0.480 e. The van der Waals surface area contributed by atoms with Gasteiger partial charge >= 0.3 is 5.97 Å². The summed E-state index contributed by atoms with van der Waals surface area (Å²) in [6, 6.07) is 18.3. The Morgan fingerprint density at radius 2 is 1.22 bits per heavy atom. The highest BCUT2D eigenvalue weighted by molar-refractivity contribution is 5.89. The van der Waals surface area contributed by atoms with Crippen LogP contribution >= 0.6 is 0 Å². The van der Waals surface area contributed by atoms with E-state index in [0.29, 0.717) is 0 Å². The van der Waals surface area contributed by atoms with Crippen LogP contribution in [0.4, 0.5) is 0 Å². The lowest BCUT2D eigenvalue weighted by atomic mass is 9.81. The van der Waals surface area contributed by atoms with Crippen LogP contribution in [0, 0.1) is 11.8 Å². The number of benzene rings is 2. The molecule has 7 heteroatoms. The van der Waals surface area contributed by atoms with E-state index in [1.54, 1.807) is 5.48 Å². The lowest BCUT2D eigenvalue weighted by Gasteiger charge is -2.25. The third kappa shape index (κ3) is 6.23. The molecule has 142 valence electrons. The summed E-state index contributed by atoms with van der Waals surface area (Å²) < 4.78 is 0. The number of carbonyl (C=O) groups excluding carboxylic acids is 2. The SMILES string of the molecule is O=C(O)CNC(=O)[C@H](Cc1ccccc1)[C@@H](Cc1ccccc1)C(=O)NO. The zero-order valence-electron chi connectivity index (χ0n) is 14.7. The second-order valence-electron chi connectivity index (χ2n) is 6.18. The molecular weight excluding hydrogens is 348 g/mol. The van der Waals surface area contributed by atoms with E-state index in [2.05, 4.69) is 5.32 Å². The standard InChI is InChI=1S/C20H22N2O5/c23-18(24)13-21-19(25)16(11-14-7-3-1-4-8-14)17(20(26)22-27)12-15-9-5-2-6-10-15/h1-10,16-17,27H,11-13H2,(H,21,25)(H,22,26)(H,23,24)/t16-,17-/m1/s1. The first kappa shape index (κ1) is 20.1. The Balaban J connectivity index is 2.30. The molecule has 2 aromatic rings. The number of carboxylic acid groups (broad SMARTS) is 1. The number of hydroxylamine groups is 1. The number of nitrogens with one attached hydrogen (secondary N) is 2. The molecular formula is C20H22N2O5. The normalized spacial score (nSPS) is 12.6. The molecule has 2 aromatic carbocycles. The first-order valence-electron chi connectivity index (χ1n) is 8.52. The molecule has 0 fully saturated rings. The van der Waals surface area contributed by atoms with Gasteiger partial charge in [0.15, 0.2) is 0 Å². The topological polar surface area (TPSA) is 116 Å². The van der Waals surface area contributed by atoms with Gasteiger partial charge in [0, 0.05) is 0 Å². The number of hydrogen-bond acceptors (Lipinski definition) is 4. The van der Waals surface area contributed by atoms with Gasteiger partial charge in [-0.2, -0.15) is 0 Å². The van der Waals surface area contributed by atoms with Crippen molar-refractivity contribution in [3.05, 3.63) is 71.8 Å². The zero-order chi connectivity index (χ0) is 19.6. The summed E-state index contributed by atoms with van der Waals surface area (Å²) in [6.45, 7) is -0.539. The van der Waals surface area contributed by atoms with E-state index in [9.17, 15) is 19.6 Å². The van der Waals surface area contributed by atoms with Gasteiger partial charge in [0.25, 0.3) is 0 Å². The number of hydrogen-bond donors (Lipinski definition) is 4. The maximum absolute atomic E-state index is 12.7. The van der Waals surface area contributed by atoms with Crippen molar-refractivity contribution in [3.8, 4) is 0 Å². The van der Waals surface area contributed by atoms with Gasteiger partial charge in [-0.1, -0.05) is 60.7 Å². The Labute approximate surface area is 157 Å². The summed E-state index contributed by atoms with van der Waals surface area (Å²) in [5.41, 5.74) is 3.30. The molecule has 2 atom stereocenters. The molecule has 0 bridgehead atoms. The minimum absolute atomic E-state index is 0.227. The van der Waals surface area contributed by atoms with Crippen LogP contribution in [0.5, 0.6) is 0 Å². The Kier molecular flexibility index (Phi) is 7.51. The van der Waals surface area contributed by atoms with Gasteiger partial charge in [-0.25, -0.2) is 5.48 Å². The van der Waals surface area contributed by atoms with E-state index in [4.69, 9.17) is 5.11 Å². The van der Waals surface area contributed by atoms with Crippen molar-refractivity contribution in [1.82, 2.24) is 10.8 Å². The predicted molar refractivity (Wildman–Crippen MR) is 97.8 cm³/mol. The fourth-order valence-corrected chi connectivity index (χ4v) is 2.95. The van der Waals surface area contributed by atoms with Crippen molar-refractivity contribution in [2.45, 2.75) is 12.8 Å². The number of rotatable bonds is 9. The summed E-state index contributed by atoms with van der Waals surface area (Å²) in [7, 11) is 0. The number of amides is 2. The van der Waals surface area contributed by atoms with Crippen LogP contribution in [0.3, 0.4) is 0 Å². The maximum atomic E-state index is 12.7. The van der Waals surface area contributed by atoms with E-state index in [1.807, 2.05) is 60.7 Å². The monoisotopic (exact) mass is 370 g/mol. The van der Waals surface area contributed by atoms with Gasteiger partial charge in [0.05, 0.1) is 11.8 Å². The van der Waals surface area contributed by atoms with Gasteiger partial charge in [-0.3, -0.25) is 19.6 Å². The molecule has 0 aliphatic rings. The van der Waals surface area contributed by atoms with E-state index in [-0.39, 0.29) is 12.8 Å². The number of aliphatic carboxylic acids is 1. The highest BCUT2D eigenvalue weighted by atomic mass is 16.5. The van der Waals surface area contributed by atoms with Gasteiger partial charge < -0.3 is 10.4 Å². The third-order valence-electron chi connectivity index (χ3n) is 4.28. The molecule has 2 amide bonds. The highest BCUT2D eigenvalue weighted by Gasteiger charge is 2.34. The van der Waals surface area contributed by atoms with E-state index < -0.39 is 36.2 Å². The van der Waals surface area contributed by atoms with Gasteiger partial charge in [-0.05, 0) is 24.0 Å². The fourth-order valence-electron chi connectivity index (χ4n) is 2.95. The molecule has 0 saturated carbocycles. The fraction of sp³-hybridized carbons (Fsp3) is 0.250. The minimum Gasteiger partial charge on any atom is -0.480 e. The predicted octanol–water partition coefficient (Wildman–Crippen LogP) is 1.41. The Morgan fingerprint density at radius 3 is 1.63 bits per heavy atom. The second-order valence-corrected chi connectivity index (χ2v) is 6.18. The summed E-state index contributed by atoms with van der Waals surface area (Å²) in [5, 5.41) is 20.3. The van der Waals surface area contributed by atoms with Crippen molar-refractivity contribution in [3.63, 3.8) is 0 Å². The lowest BCUT2D eigenvalue weighted by Crippen LogP contribution is -2.44. The van der Waals surface area contributed by atoms with Crippen molar-refractivity contribution < 1.29 is 24.7 Å². The lowest BCUT2D eigenvalue weighted by molar-refractivity contribution is -0.142. The van der Waals surface area contributed by atoms with Crippen molar-refractivity contribution >= 4 is 17.8 Å². The Bertz CT molecular complexity index is 764. The van der Waals surface area contributed by atoms with Crippen LogP contribution in [-0.2, 0) is 27.2 Å². The molecule has 0 saturated heterocycles. The molecule has 0 unspecified atom stereocenters. The zero-order valence-corrected chi connectivity index (χ0v) is 14.7. The molecule has 7 nitrogen and oxygen atoms in total. The van der Waals surface area contributed by atoms with Crippen LogP contribution in [0.25, 0.3) is 0 Å². The summed E-state index contributed by atoms with van der Waals surface area (Å²) in [5.74, 6) is -4.13. The van der Waals surface area contributed by atoms with Crippen LogP contribution in [0.1, 0.15) is 11.1 Å². The van der Waals surface area contributed by atoms with E-state index in [1.165, 1.54) is 0 Å². The van der Waals surface area contributed by atoms with Gasteiger partial charge in [-0.15, -0.1) is 0 Å². The van der Waals surface area contributed by atoms with Gasteiger partial charge in [0.1, 0.15) is 6.54 Å². The molecule has 0 aliphatic heterocycles. The molecule has 27 heavy (non-hydrogen) atoms. The summed E-state index contributed by atoms with van der Waals surface area (Å²) in [6.07, 6.45) is 0.461. The minimum atomic E-state index is -1.17. The van der Waals surface area contributed by atoms with Crippen LogP contribution in [-0.4, -0.2) is 34.6 Å². The van der Waals surface area contributed by atoms with Crippen molar-refractivity contribution in [2.24, 2.45) is 11.8 Å².